The van der Waals surface area contributed by atoms with Gasteiger partial charge in [0.2, 0.25) is 6.41 Å². The number of ether oxygens (including phenoxy) is 2. The molecular formula is C15H19N3O5. The highest BCUT2D eigenvalue weighted by atomic mass is 16.7. The number of benzene rings is 1. The van der Waals surface area contributed by atoms with Crippen molar-refractivity contribution in [2.45, 2.75) is 6.92 Å². The third-order valence-corrected chi connectivity index (χ3v) is 3.32. The Balaban J connectivity index is 1.84. The fraction of sp³-hybridized carbons (Fsp3) is 0.400. The molecule has 0 spiro atoms. The van der Waals surface area contributed by atoms with E-state index in [9.17, 15) is 14.4 Å². The van der Waals surface area contributed by atoms with E-state index in [1.807, 2.05) is 0 Å². The third-order valence-electron chi connectivity index (χ3n) is 3.32. The van der Waals surface area contributed by atoms with E-state index in [1.54, 1.807) is 41.0 Å². The Morgan fingerprint density at radius 2 is 1.83 bits per heavy atom. The number of amides is 3. The van der Waals surface area contributed by atoms with Crippen LogP contribution in [0.3, 0.4) is 0 Å². The monoisotopic (exact) mass is 321 g/mol. The minimum Gasteiger partial charge on any atom is -0.434 e. The van der Waals surface area contributed by atoms with E-state index in [1.165, 1.54) is 0 Å². The molecule has 124 valence electrons. The zero-order valence-electron chi connectivity index (χ0n) is 12.9. The van der Waals surface area contributed by atoms with Crippen LogP contribution in [0.1, 0.15) is 6.92 Å². The lowest BCUT2D eigenvalue weighted by molar-refractivity contribution is -0.119. The Kier molecular flexibility index (Phi) is 5.79. The summed E-state index contributed by atoms with van der Waals surface area (Å²) in [6.07, 6.45) is 0.0228. The standard InChI is InChI=1S/C15H19N3O5/c1-2-22-15(21)23-13-5-3-12(4-6-13)16-14(20)18-9-7-17(11-19)8-10-18/h3-6,11H,2,7-10H2,1H3,(H,16,20). The fourth-order valence-corrected chi connectivity index (χ4v) is 2.08. The SMILES string of the molecule is CCOC(=O)Oc1ccc(NC(=O)N2CCN(C=O)CC2)cc1. The molecule has 3 amide bonds. The van der Waals surface area contributed by atoms with E-state index >= 15 is 0 Å². The molecule has 0 unspecified atom stereocenters. The first kappa shape index (κ1) is 16.6. The van der Waals surface area contributed by atoms with Gasteiger partial charge in [0.25, 0.3) is 0 Å². The second-order valence-electron chi connectivity index (χ2n) is 4.87. The molecule has 1 N–H and O–H groups in total. The van der Waals surface area contributed by atoms with Crippen molar-refractivity contribution < 1.29 is 23.9 Å². The van der Waals surface area contributed by atoms with Crippen LogP contribution < -0.4 is 10.1 Å². The summed E-state index contributed by atoms with van der Waals surface area (Å²) in [6.45, 7) is 3.98. The summed E-state index contributed by atoms with van der Waals surface area (Å²) in [6, 6.07) is 6.17. The number of urea groups is 1. The summed E-state index contributed by atoms with van der Waals surface area (Å²) in [7, 11) is 0. The van der Waals surface area contributed by atoms with Gasteiger partial charge in [-0.15, -0.1) is 0 Å². The molecule has 0 aromatic heterocycles. The van der Waals surface area contributed by atoms with E-state index in [2.05, 4.69) is 10.1 Å². The molecule has 2 rings (SSSR count). The van der Waals surface area contributed by atoms with Crippen LogP contribution in [0.15, 0.2) is 24.3 Å². The summed E-state index contributed by atoms with van der Waals surface area (Å²) < 4.78 is 9.60. The molecule has 1 aromatic carbocycles. The summed E-state index contributed by atoms with van der Waals surface area (Å²) >= 11 is 0. The lowest BCUT2D eigenvalue weighted by atomic mass is 10.3. The number of nitrogens with one attached hydrogen (secondary N) is 1. The van der Waals surface area contributed by atoms with Crippen LogP contribution >= 0.6 is 0 Å². The number of anilines is 1. The summed E-state index contributed by atoms with van der Waals surface area (Å²) in [5, 5.41) is 2.76. The Bertz CT molecular complexity index is 553. The number of carbonyl (C=O) groups excluding carboxylic acids is 3. The molecule has 0 radical (unpaired) electrons. The van der Waals surface area contributed by atoms with Crippen molar-refractivity contribution in [3.63, 3.8) is 0 Å². The molecule has 1 saturated heterocycles. The number of piperazine rings is 1. The van der Waals surface area contributed by atoms with Crippen molar-refractivity contribution in [3.8, 4) is 5.75 Å². The number of carbonyl (C=O) groups is 3. The number of nitrogens with zero attached hydrogens (tertiary/aromatic N) is 2. The highest BCUT2D eigenvalue weighted by Gasteiger charge is 2.20. The largest absolute Gasteiger partial charge is 0.513 e. The van der Waals surface area contributed by atoms with Crippen molar-refractivity contribution >= 4 is 24.3 Å². The van der Waals surface area contributed by atoms with Crippen molar-refractivity contribution in [2.24, 2.45) is 0 Å². The Labute approximate surface area is 133 Å². The van der Waals surface area contributed by atoms with Gasteiger partial charge in [-0.05, 0) is 31.2 Å². The van der Waals surface area contributed by atoms with Crippen LogP contribution in [-0.4, -0.2) is 61.2 Å². The van der Waals surface area contributed by atoms with E-state index in [4.69, 9.17) is 4.74 Å². The van der Waals surface area contributed by atoms with Crippen molar-refractivity contribution in [3.05, 3.63) is 24.3 Å². The zero-order valence-corrected chi connectivity index (χ0v) is 12.9. The normalized spacial score (nSPS) is 14.1. The van der Waals surface area contributed by atoms with Gasteiger partial charge >= 0.3 is 12.2 Å². The van der Waals surface area contributed by atoms with Gasteiger partial charge in [-0.2, -0.15) is 0 Å². The topological polar surface area (TPSA) is 88.2 Å². The average Bonchev–Trinajstić information content (AvgIpc) is 2.57. The summed E-state index contributed by atoms with van der Waals surface area (Å²) in [5.41, 5.74) is 0.587. The molecule has 1 aliphatic rings. The molecule has 1 aliphatic heterocycles. The molecule has 0 saturated carbocycles. The van der Waals surface area contributed by atoms with E-state index < -0.39 is 6.16 Å². The first-order chi connectivity index (χ1) is 11.1. The van der Waals surface area contributed by atoms with Crippen LogP contribution in [0.4, 0.5) is 15.3 Å². The molecule has 1 aromatic rings. The van der Waals surface area contributed by atoms with E-state index in [0.717, 1.165) is 6.41 Å². The molecule has 1 fully saturated rings. The van der Waals surface area contributed by atoms with Gasteiger partial charge < -0.3 is 24.6 Å². The van der Waals surface area contributed by atoms with Gasteiger partial charge in [-0.1, -0.05) is 0 Å². The molecule has 1 heterocycles. The third kappa shape index (κ3) is 4.87. The lowest BCUT2D eigenvalue weighted by Crippen LogP contribution is -2.49. The second-order valence-corrected chi connectivity index (χ2v) is 4.87. The summed E-state index contributed by atoms with van der Waals surface area (Å²) in [5.74, 6) is 0.334. The predicted octanol–water partition coefficient (Wildman–Crippen LogP) is 1.53. The van der Waals surface area contributed by atoms with Gasteiger partial charge in [0.1, 0.15) is 5.75 Å². The van der Waals surface area contributed by atoms with E-state index in [0.29, 0.717) is 37.6 Å². The minimum absolute atomic E-state index is 0.227. The molecule has 0 aliphatic carbocycles. The highest BCUT2D eigenvalue weighted by molar-refractivity contribution is 5.89. The van der Waals surface area contributed by atoms with Crippen molar-refractivity contribution in [1.82, 2.24) is 9.80 Å². The minimum atomic E-state index is -0.766. The molecule has 0 atom stereocenters. The van der Waals surface area contributed by atoms with E-state index in [-0.39, 0.29) is 12.6 Å². The zero-order chi connectivity index (χ0) is 16.7. The van der Waals surface area contributed by atoms with Gasteiger partial charge in [0, 0.05) is 31.9 Å². The van der Waals surface area contributed by atoms with Gasteiger partial charge in [0.15, 0.2) is 0 Å². The lowest BCUT2D eigenvalue weighted by Gasteiger charge is -2.32. The smallest absolute Gasteiger partial charge is 0.434 e. The molecule has 0 bridgehead atoms. The van der Waals surface area contributed by atoms with Crippen LogP contribution in [-0.2, 0) is 9.53 Å². The van der Waals surface area contributed by atoms with Gasteiger partial charge in [0.05, 0.1) is 6.61 Å². The Morgan fingerprint density at radius 1 is 1.17 bits per heavy atom. The van der Waals surface area contributed by atoms with Crippen molar-refractivity contribution in [2.75, 3.05) is 38.1 Å². The maximum atomic E-state index is 12.1. The maximum Gasteiger partial charge on any atom is 0.513 e. The Morgan fingerprint density at radius 3 is 2.39 bits per heavy atom. The van der Waals surface area contributed by atoms with Crippen LogP contribution in [0.2, 0.25) is 0 Å². The molecule has 23 heavy (non-hydrogen) atoms. The highest BCUT2D eigenvalue weighted by Crippen LogP contribution is 2.17. The number of hydrogen-bond donors (Lipinski definition) is 1. The predicted molar refractivity (Wildman–Crippen MR) is 82.3 cm³/mol. The number of rotatable bonds is 4. The average molecular weight is 321 g/mol. The fourth-order valence-electron chi connectivity index (χ4n) is 2.08. The first-order valence-electron chi connectivity index (χ1n) is 7.32. The molecule has 8 nitrogen and oxygen atoms in total. The molecular weight excluding hydrogens is 302 g/mol. The van der Waals surface area contributed by atoms with Crippen LogP contribution in [0.5, 0.6) is 5.75 Å². The Hall–Kier alpha value is -2.77. The van der Waals surface area contributed by atoms with Crippen molar-refractivity contribution in [1.29, 1.82) is 0 Å². The maximum absolute atomic E-state index is 12.1. The quantitative estimate of drug-likeness (QED) is 0.516. The molecule has 8 heteroatoms. The van der Waals surface area contributed by atoms with Crippen LogP contribution in [0.25, 0.3) is 0 Å². The second kappa shape index (κ2) is 8.02. The summed E-state index contributed by atoms with van der Waals surface area (Å²) in [4.78, 5) is 37.2. The van der Waals surface area contributed by atoms with Crippen LogP contribution in [0, 0.1) is 0 Å². The van der Waals surface area contributed by atoms with Gasteiger partial charge in [-0.25, -0.2) is 9.59 Å². The van der Waals surface area contributed by atoms with Gasteiger partial charge in [-0.3, -0.25) is 4.79 Å². The number of hydrogen-bond acceptors (Lipinski definition) is 5. The first-order valence-corrected chi connectivity index (χ1v) is 7.32.